The SMILES string of the molecule is CSc1nc2ccc(NCc3ccncc3)cc2s1. The van der Waals surface area contributed by atoms with Crippen molar-refractivity contribution in [2.45, 2.75) is 10.9 Å². The molecule has 2 heterocycles. The number of hydrogen-bond acceptors (Lipinski definition) is 5. The van der Waals surface area contributed by atoms with E-state index in [1.54, 1.807) is 23.1 Å². The summed E-state index contributed by atoms with van der Waals surface area (Å²) in [6.07, 6.45) is 5.68. The molecule has 0 bridgehead atoms. The largest absolute Gasteiger partial charge is 0.381 e. The van der Waals surface area contributed by atoms with Crippen molar-refractivity contribution in [3.8, 4) is 0 Å². The molecule has 19 heavy (non-hydrogen) atoms. The summed E-state index contributed by atoms with van der Waals surface area (Å²) in [5, 5.41) is 3.42. The van der Waals surface area contributed by atoms with Crippen LogP contribution in [0.3, 0.4) is 0 Å². The van der Waals surface area contributed by atoms with Crippen LogP contribution in [-0.4, -0.2) is 16.2 Å². The Morgan fingerprint density at radius 3 is 2.84 bits per heavy atom. The molecule has 1 aromatic carbocycles. The number of hydrogen-bond donors (Lipinski definition) is 1. The summed E-state index contributed by atoms with van der Waals surface area (Å²) in [6, 6.07) is 10.3. The first-order valence-electron chi connectivity index (χ1n) is 5.92. The van der Waals surface area contributed by atoms with Crippen LogP contribution in [0.25, 0.3) is 10.2 Å². The number of fused-ring (bicyclic) bond motifs is 1. The van der Waals surface area contributed by atoms with Gasteiger partial charge in [-0.25, -0.2) is 4.98 Å². The summed E-state index contributed by atoms with van der Waals surface area (Å²) in [7, 11) is 0. The molecule has 0 saturated carbocycles. The molecule has 0 unspecified atom stereocenters. The lowest BCUT2D eigenvalue weighted by atomic mass is 10.2. The molecule has 0 saturated heterocycles. The van der Waals surface area contributed by atoms with Gasteiger partial charge in [0.1, 0.15) is 0 Å². The van der Waals surface area contributed by atoms with Gasteiger partial charge in [-0.05, 0) is 42.2 Å². The number of benzene rings is 1. The molecule has 0 fully saturated rings. The Kier molecular flexibility index (Phi) is 3.66. The number of pyridine rings is 1. The summed E-state index contributed by atoms with van der Waals surface area (Å²) >= 11 is 3.43. The van der Waals surface area contributed by atoms with Crippen molar-refractivity contribution in [2.24, 2.45) is 0 Å². The van der Waals surface area contributed by atoms with E-state index in [0.29, 0.717) is 0 Å². The van der Waals surface area contributed by atoms with Crippen molar-refractivity contribution in [3.05, 3.63) is 48.3 Å². The van der Waals surface area contributed by atoms with Gasteiger partial charge in [0.15, 0.2) is 4.34 Å². The Balaban J connectivity index is 1.78. The van der Waals surface area contributed by atoms with Crippen LogP contribution in [-0.2, 0) is 6.54 Å². The van der Waals surface area contributed by atoms with E-state index in [9.17, 15) is 0 Å². The van der Waals surface area contributed by atoms with Crippen molar-refractivity contribution in [1.29, 1.82) is 0 Å². The lowest BCUT2D eigenvalue weighted by Crippen LogP contribution is -1.98. The van der Waals surface area contributed by atoms with Crippen molar-refractivity contribution in [2.75, 3.05) is 11.6 Å². The molecule has 2 aromatic heterocycles. The van der Waals surface area contributed by atoms with E-state index in [1.807, 2.05) is 24.5 Å². The minimum atomic E-state index is 0.808. The second kappa shape index (κ2) is 5.59. The van der Waals surface area contributed by atoms with Gasteiger partial charge >= 0.3 is 0 Å². The number of rotatable bonds is 4. The van der Waals surface area contributed by atoms with Gasteiger partial charge in [0.2, 0.25) is 0 Å². The first-order valence-corrected chi connectivity index (χ1v) is 7.96. The molecule has 3 aromatic rings. The molecular weight excluding hydrogens is 274 g/mol. The normalized spacial score (nSPS) is 10.8. The van der Waals surface area contributed by atoms with Crippen LogP contribution in [0, 0.1) is 0 Å². The van der Waals surface area contributed by atoms with Crippen molar-refractivity contribution in [3.63, 3.8) is 0 Å². The number of nitrogens with zero attached hydrogens (tertiary/aromatic N) is 2. The predicted molar refractivity (Wildman–Crippen MR) is 83.0 cm³/mol. The van der Waals surface area contributed by atoms with Crippen LogP contribution in [0.1, 0.15) is 5.56 Å². The van der Waals surface area contributed by atoms with E-state index in [4.69, 9.17) is 0 Å². The van der Waals surface area contributed by atoms with Gasteiger partial charge in [-0.1, -0.05) is 11.8 Å². The lowest BCUT2D eigenvalue weighted by Gasteiger charge is -2.05. The molecule has 0 atom stereocenters. The highest BCUT2D eigenvalue weighted by atomic mass is 32.2. The van der Waals surface area contributed by atoms with Gasteiger partial charge in [0, 0.05) is 24.6 Å². The molecule has 0 spiro atoms. The fourth-order valence-electron chi connectivity index (χ4n) is 1.81. The quantitative estimate of drug-likeness (QED) is 0.735. The first kappa shape index (κ1) is 12.4. The highest BCUT2D eigenvalue weighted by Gasteiger charge is 2.03. The molecule has 96 valence electrons. The summed E-state index contributed by atoms with van der Waals surface area (Å²) < 4.78 is 2.34. The molecular formula is C14H13N3S2. The number of nitrogens with one attached hydrogen (secondary N) is 1. The number of thioether (sulfide) groups is 1. The van der Waals surface area contributed by atoms with Crippen LogP contribution >= 0.6 is 23.1 Å². The summed E-state index contributed by atoms with van der Waals surface area (Å²) in [4.78, 5) is 8.55. The maximum Gasteiger partial charge on any atom is 0.150 e. The molecule has 0 amide bonds. The second-order valence-corrected chi connectivity index (χ2v) is 6.16. The minimum Gasteiger partial charge on any atom is -0.381 e. The molecule has 0 aliphatic heterocycles. The molecule has 0 aliphatic carbocycles. The average molecular weight is 287 g/mol. The molecule has 3 rings (SSSR count). The van der Waals surface area contributed by atoms with Gasteiger partial charge < -0.3 is 5.32 Å². The third kappa shape index (κ3) is 2.88. The monoisotopic (exact) mass is 287 g/mol. The van der Waals surface area contributed by atoms with E-state index in [0.717, 1.165) is 22.1 Å². The number of anilines is 1. The average Bonchev–Trinajstić information content (AvgIpc) is 2.88. The van der Waals surface area contributed by atoms with Crippen LogP contribution in [0.2, 0.25) is 0 Å². The fourth-order valence-corrected chi connectivity index (χ4v) is 3.33. The van der Waals surface area contributed by atoms with Gasteiger partial charge in [-0.2, -0.15) is 0 Å². The van der Waals surface area contributed by atoms with Crippen molar-refractivity contribution < 1.29 is 0 Å². The van der Waals surface area contributed by atoms with Crippen LogP contribution in [0.5, 0.6) is 0 Å². The van der Waals surface area contributed by atoms with Gasteiger partial charge in [-0.3, -0.25) is 4.98 Å². The van der Waals surface area contributed by atoms with Gasteiger partial charge in [0.25, 0.3) is 0 Å². The summed E-state index contributed by atoms with van der Waals surface area (Å²) in [6.45, 7) is 0.808. The van der Waals surface area contributed by atoms with Crippen molar-refractivity contribution >= 4 is 39.0 Å². The second-order valence-electron chi connectivity index (χ2n) is 4.08. The topological polar surface area (TPSA) is 37.8 Å². The molecule has 1 N–H and O–H groups in total. The smallest absolute Gasteiger partial charge is 0.150 e. The van der Waals surface area contributed by atoms with E-state index in [2.05, 4.69) is 39.7 Å². The zero-order valence-electron chi connectivity index (χ0n) is 10.5. The maximum absolute atomic E-state index is 4.54. The standard InChI is InChI=1S/C14H13N3S2/c1-18-14-17-12-3-2-11(8-13(12)19-14)16-9-10-4-6-15-7-5-10/h2-8,16H,9H2,1H3. The zero-order chi connectivity index (χ0) is 13.1. The van der Waals surface area contributed by atoms with Crippen LogP contribution in [0.15, 0.2) is 47.1 Å². The number of thiazole rings is 1. The maximum atomic E-state index is 4.54. The molecule has 3 nitrogen and oxygen atoms in total. The van der Waals surface area contributed by atoms with E-state index in [1.165, 1.54) is 10.3 Å². The van der Waals surface area contributed by atoms with E-state index < -0.39 is 0 Å². The number of aromatic nitrogens is 2. The summed E-state index contributed by atoms with van der Waals surface area (Å²) in [5.41, 5.74) is 3.42. The first-order chi connectivity index (χ1) is 9.35. The Labute approximate surface area is 120 Å². The zero-order valence-corrected chi connectivity index (χ0v) is 12.1. The van der Waals surface area contributed by atoms with Gasteiger partial charge in [0.05, 0.1) is 10.2 Å². The third-order valence-corrected chi connectivity index (χ3v) is 4.79. The fraction of sp³-hybridized carbons (Fsp3) is 0.143. The Morgan fingerprint density at radius 1 is 1.21 bits per heavy atom. The lowest BCUT2D eigenvalue weighted by molar-refractivity contribution is 1.13. The molecule has 5 heteroatoms. The van der Waals surface area contributed by atoms with Crippen LogP contribution in [0.4, 0.5) is 5.69 Å². The van der Waals surface area contributed by atoms with Gasteiger partial charge in [-0.15, -0.1) is 11.3 Å². The van der Waals surface area contributed by atoms with E-state index >= 15 is 0 Å². The van der Waals surface area contributed by atoms with E-state index in [-0.39, 0.29) is 0 Å². The Hall–Kier alpha value is -1.59. The van der Waals surface area contributed by atoms with Crippen LogP contribution < -0.4 is 5.32 Å². The molecule has 0 aliphatic rings. The minimum absolute atomic E-state index is 0.808. The highest BCUT2D eigenvalue weighted by Crippen LogP contribution is 2.30. The predicted octanol–water partition coefficient (Wildman–Crippen LogP) is 4.03. The highest BCUT2D eigenvalue weighted by molar-refractivity contribution is 8.00. The van der Waals surface area contributed by atoms with Crippen molar-refractivity contribution in [1.82, 2.24) is 9.97 Å². The summed E-state index contributed by atoms with van der Waals surface area (Å²) in [5.74, 6) is 0. The molecule has 0 radical (unpaired) electrons. The third-order valence-electron chi connectivity index (χ3n) is 2.79. The Morgan fingerprint density at radius 2 is 2.05 bits per heavy atom. The Bertz CT molecular complexity index is 679.